The first-order chi connectivity index (χ1) is 16.0. The predicted molar refractivity (Wildman–Crippen MR) is 117 cm³/mol. The zero-order chi connectivity index (χ0) is 23.4. The fourth-order valence-electron chi connectivity index (χ4n) is 3.47. The molecule has 33 heavy (non-hydrogen) atoms. The molecule has 0 radical (unpaired) electrons. The molecule has 0 aliphatic rings. The Kier molecular flexibility index (Phi) is 6.21. The number of aromatic amines is 1. The van der Waals surface area contributed by atoms with Crippen molar-refractivity contribution in [2.75, 3.05) is 0 Å². The van der Waals surface area contributed by atoms with Gasteiger partial charge in [-0.15, -0.1) is 0 Å². The second-order valence-corrected chi connectivity index (χ2v) is 7.35. The van der Waals surface area contributed by atoms with Crippen molar-refractivity contribution in [2.24, 2.45) is 0 Å². The molecule has 4 aromatic rings. The molecule has 1 aromatic carbocycles. The molecule has 166 valence electrons. The molecule has 0 saturated heterocycles. The van der Waals surface area contributed by atoms with Crippen molar-refractivity contribution in [3.05, 3.63) is 100.0 Å². The van der Waals surface area contributed by atoms with Crippen LogP contribution in [0.15, 0.2) is 72.0 Å². The maximum Gasteiger partial charge on any atom is 0.293 e. The lowest BCUT2D eigenvalue weighted by Crippen LogP contribution is -2.32. The Bertz CT molecular complexity index is 1380. The summed E-state index contributed by atoms with van der Waals surface area (Å²) in [6.45, 7) is 0.0702. The van der Waals surface area contributed by atoms with Gasteiger partial charge in [0.1, 0.15) is 11.3 Å². The Morgan fingerprint density at radius 3 is 2.58 bits per heavy atom. The molecule has 0 bridgehead atoms. The zero-order valence-electron chi connectivity index (χ0n) is 17.2. The molecule has 0 aliphatic heterocycles. The molecule has 1 atom stereocenters. The molecular formula is C24H18FN3O5. The molecule has 3 aromatic heterocycles. The summed E-state index contributed by atoms with van der Waals surface area (Å²) in [6.07, 6.45) is 4.33. The maximum absolute atomic E-state index is 13.1. The van der Waals surface area contributed by atoms with Gasteiger partial charge in [0.2, 0.25) is 17.1 Å². The summed E-state index contributed by atoms with van der Waals surface area (Å²) < 4.78 is 19.2. The van der Waals surface area contributed by atoms with Gasteiger partial charge in [0.05, 0.1) is 17.5 Å². The van der Waals surface area contributed by atoms with Crippen LogP contribution in [0.5, 0.6) is 0 Å². The summed E-state index contributed by atoms with van der Waals surface area (Å²) in [5.41, 5.74) is 1.18. The third kappa shape index (κ3) is 4.77. The van der Waals surface area contributed by atoms with Gasteiger partial charge in [-0.25, -0.2) is 4.39 Å². The molecule has 0 amide bonds. The van der Waals surface area contributed by atoms with Gasteiger partial charge in [0.25, 0.3) is 6.47 Å². The summed E-state index contributed by atoms with van der Waals surface area (Å²) in [7, 11) is 0. The largest absolute Gasteiger partial charge is 0.456 e. The minimum Gasteiger partial charge on any atom is -0.456 e. The van der Waals surface area contributed by atoms with Crippen molar-refractivity contribution in [1.82, 2.24) is 14.5 Å². The normalized spacial score (nSPS) is 11.8. The summed E-state index contributed by atoms with van der Waals surface area (Å²) >= 11 is 0. The van der Waals surface area contributed by atoms with Crippen molar-refractivity contribution < 1.29 is 23.5 Å². The van der Waals surface area contributed by atoms with Crippen molar-refractivity contribution >= 4 is 29.2 Å². The smallest absolute Gasteiger partial charge is 0.293 e. The number of nitrogens with one attached hydrogen (secondary N) is 1. The highest BCUT2D eigenvalue weighted by molar-refractivity contribution is 6.03. The van der Waals surface area contributed by atoms with Gasteiger partial charge in [0.15, 0.2) is 6.10 Å². The number of aromatic nitrogens is 3. The molecule has 1 N–H and O–H groups in total. The molecule has 0 spiro atoms. The number of Topliss-reactive ketones (excluding diaryl/α,β-unsaturated/α-hetero) is 1. The third-order valence-corrected chi connectivity index (χ3v) is 5.13. The van der Waals surface area contributed by atoms with Crippen LogP contribution in [0.4, 0.5) is 4.39 Å². The average molecular weight is 447 g/mol. The Morgan fingerprint density at radius 2 is 1.88 bits per heavy atom. The van der Waals surface area contributed by atoms with Crippen LogP contribution in [-0.2, 0) is 16.0 Å². The number of halogens is 1. The van der Waals surface area contributed by atoms with E-state index in [0.29, 0.717) is 11.9 Å². The van der Waals surface area contributed by atoms with Gasteiger partial charge in [-0.1, -0.05) is 12.1 Å². The molecule has 8 nitrogen and oxygen atoms in total. The molecule has 0 aliphatic carbocycles. The highest BCUT2D eigenvalue weighted by Gasteiger charge is 2.28. The molecule has 3 heterocycles. The van der Waals surface area contributed by atoms with E-state index in [9.17, 15) is 23.6 Å². The molecule has 9 heteroatoms. The number of pyridine rings is 2. The van der Waals surface area contributed by atoms with Crippen molar-refractivity contribution in [1.29, 1.82) is 0 Å². The summed E-state index contributed by atoms with van der Waals surface area (Å²) in [6, 6.07) is 11.0. The van der Waals surface area contributed by atoms with Gasteiger partial charge in [-0.3, -0.25) is 28.7 Å². The quantitative estimate of drug-likeness (QED) is 0.328. The molecule has 1 unspecified atom stereocenters. The topological polar surface area (TPSA) is 111 Å². The van der Waals surface area contributed by atoms with Crippen LogP contribution in [0.2, 0.25) is 0 Å². The second kappa shape index (κ2) is 9.39. The molecule has 4 rings (SSSR count). The number of nitrogens with zero attached hydrogens (tertiary/aromatic N) is 2. The van der Waals surface area contributed by atoms with Gasteiger partial charge < -0.3 is 9.72 Å². The lowest BCUT2D eigenvalue weighted by Gasteiger charge is -2.13. The van der Waals surface area contributed by atoms with Gasteiger partial charge in [0, 0.05) is 24.8 Å². The highest BCUT2D eigenvalue weighted by atomic mass is 19.1. The predicted octanol–water partition coefficient (Wildman–Crippen LogP) is 2.91. The van der Waals surface area contributed by atoms with Crippen LogP contribution < -0.4 is 5.43 Å². The summed E-state index contributed by atoms with van der Waals surface area (Å²) in [5.74, 6) is -1.60. The lowest BCUT2D eigenvalue weighted by atomic mass is 10.0. The first kappa shape index (κ1) is 21.8. The first-order valence-electron chi connectivity index (χ1n) is 10.0. The summed E-state index contributed by atoms with van der Waals surface area (Å²) in [4.78, 5) is 56.1. The number of hydrogen-bond acceptors (Lipinski definition) is 6. The van der Waals surface area contributed by atoms with Crippen LogP contribution in [0, 0.1) is 5.82 Å². The summed E-state index contributed by atoms with van der Waals surface area (Å²) in [5, 5.41) is 0. The van der Waals surface area contributed by atoms with Crippen molar-refractivity contribution in [3.63, 3.8) is 0 Å². The fourth-order valence-corrected chi connectivity index (χ4v) is 3.47. The van der Waals surface area contributed by atoms with Crippen LogP contribution in [0.3, 0.4) is 0 Å². The van der Waals surface area contributed by atoms with Crippen LogP contribution in [0.25, 0.3) is 11.0 Å². The Balaban J connectivity index is 1.60. The number of hydrogen-bond donors (Lipinski definition) is 1. The van der Waals surface area contributed by atoms with Crippen LogP contribution >= 0.6 is 0 Å². The van der Waals surface area contributed by atoms with Crippen LogP contribution in [-0.4, -0.2) is 38.8 Å². The minimum absolute atomic E-state index is 0.0327. The Hall–Kier alpha value is -4.40. The number of fused-ring (bicyclic) bond motifs is 1. The Labute approximate surface area is 186 Å². The number of ether oxygens (including phenoxy) is 1. The third-order valence-electron chi connectivity index (χ3n) is 5.13. The maximum atomic E-state index is 13.1. The van der Waals surface area contributed by atoms with E-state index in [-0.39, 0.29) is 23.4 Å². The second-order valence-electron chi connectivity index (χ2n) is 7.35. The fraction of sp³-hybridized carbons (Fsp3) is 0.125. The minimum atomic E-state index is -1.45. The van der Waals surface area contributed by atoms with E-state index in [0.717, 1.165) is 11.1 Å². The molecule has 0 saturated carbocycles. The highest BCUT2D eigenvalue weighted by Crippen LogP contribution is 2.15. The number of benzene rings is 1. The van der Waals surface area contributed by atoms with Crippen molar-refractivity contribution in [2.45, 2.75) is 18.9 Å². The van der Waals surface area contributed by atoms with Crippen molar-refractivity contribution in [3.8, 4) is 0 Å². The molecular weight excluding hydrogens is 429 g/mol. The standard InChI is InChI=1S/C24H18FN3O5/c25-17-5-3-15(4-6-17)9-16-10-19-22(27-12-16)24(32)18(13-26-19)23(31)20(33-14-29)11-21(30)28-7-1-2-8-28/h1-8,10,12-14,20H,9,11H2,(H,26,32). The van der Waals surface area contributed by atoms with E-state index in [1.165, 1.54) is 41.5 Å². The zero-order valence-corrected chi connectivity index (χ0v) is 17.2. The van der Waals surface area contributed by atoms with E-state index in [4.69, 9.17) is 4.74 Å². The molecule has 0 fully saturated rings. The van der Waals surface area contributed by atoms with Crippen LogP contribution in [0.1, 0.15) is 32.7 Å². The van der Waals surface area contributed by atoms with E-state index in [1.807, 2.05) is 0 Å². The number of carbonyl (C=O) groups excluding carboxylic acids is 3. The Morgan fingerprint density at radius 1 is 1.15 bits per heavy atom. The van der Waals surface area contributed by atoms with E-state index < -0.39 is 29.6 Å². The van der Waals surface area contributed by atoms with E-state index in [2.05, 4.69) is 9.97 Å². The van der Waals surface area contributed by atoms with E-state index >= 15 is 0 Å². The number of rotatable bonds is 8. The SMILES string of the molecule is O=COC(CC(=O)n1cccc1)C(=O)c1c[nH]c2cc(Cc3ccc(F)cc3)cnc2c1=O. The van der Waals surface area contributed by atoms with E-state index in [1.54, 1.807) is 30.3 Å². The van der Waals surface area contributed by atoms with Gasteiger partial charge >= 0.3 is 0 Å². The number of carbonyl (C=O) groups is 3. The number of ketones is 1. The van der Waals surface area contributed by atoms with Gasteiger partial charge in [-0.2, -0.15) is 0 Å². The lowest BCUT2D eigenvalue weighted by molar-refractivity contribution is -0.131. The average Bonchev–Trinajstić information content (AvgIpc) is 3.35. The van der Waals surface area contributed by atoms with Gasteiger partial charge in [-0.05, 0) is 47.9 Å². The first-order valence-corrected chi connectivity index (χ1v) is 10.0. The monoisotopic (exact) mass is 447 g/mol. The number of H-pyrrole nitrogens is 1.